The van der Waals surface area contributed by atoms with E-state index in [0.717, 1.165) is 13.0 Å². The molecule has 0 aliphatic carbocycles. The topological polar surface area (TPSA) is 27.7 Å². The maximum atomic E-state index is 5.53. The van der Waals surface area contributed by atoms with Crippen LogP contribution >= 0.6 is 0 Å². The molecule has 1 saturated heterocycles. The van der Waals surface area contributed by atoms with E-state index in [1.807, 2.05) is 0 Å². The number of nitrogens with zero attached hydrogens (tertiary/aromatic N) is 2. The van der Waals surface area contributed by atoms with Crippen molar-refractivity contribution in [1.29, 1.82) is 0 Å². The minimum atomic E-state index is -0.0511. The van der Waals surface area contributed by atoms with Gasteiger partial charge in [0.2, 0.25) is 0 Å². The minimum Gasteiger partial charge on any atom is -0.379 e. The molecule has 0 amide bonds. The highest BCUT2D eigenvalue weighted by Gasteiger charge is 2.36. The van der Waals surface area contributed by atoms with E-state index >= 15 is 0 Å². The van der Waals surface area contributed by atoms with Gasteiger partial charge in [-0.15, -0.1) is 0 Å². The SMILES string of the molecule is COC(C)(C)C[C@H](C)NCC1(N(C)C)CCN(C)CC1. The number of likely N-dealkylation sites (N-methyl/N-ethyl adjacent to an activating group) is 1. The van der Waals surface area contributed by atoms with Gasteiger partial charge in [-0.3, -0.25) is 0 Å². The third-order valence-electron chi connectivity index (χ3n) is 5.00. The number of methoxy groups -OCH3 is 1. The quantitative estimate of drug-likeness (QED) is 0.772. The zero-order chi connectivity index (χ0) is 15.4. The summed E-state index contributed by atoms with van der Waals surface area (Å²) in [6.45, 7) is 10.0. The van der Waals surface area contributed by atoms with Crippen molar-refractivity contribution in [2.24, 2.45) is 0 Å². The Morgan fingerprint density at radius 2 is 1.85 bits per heavy atom. The molecule has 1 aliphatic rings. The van der Waals surface area contributed by atoms with Crippen LogP contribution in [0.1, 0.15) is 40.0 Å². The largest absolute Gasteiger partial charge is 0.379 e. The smallest absolute Gasteiger partial charge is 0.0637 e. The number of hydrogen-bond acceptors (Lipinski definition) is 4. The average molecular weight is 285 g/mol. The van der Waals surface area contributed by atoms with E-state index in [-0.39, 0.29) is 5.60 Å². The molecule has 1 heterocycles. The minimum absolute atomic E-state index is 0.0511. The molecule has 0 radical (unpaired) electrons. The van der Waals surface area contributed by atoms with Crippen LogP contribution in [-0.4, -0.2) is 74.9 Å². The molecule has 0 aromatic heterocycles. The summed E-state index contributed by atoms with van der Waals surface area (Å²) in [4.78, 5) is 4.85. The maximum Gasteiger partial charge on any atom is 0.0637 e. The van der Waals surface area contributed by atoms with Crippen molar-refractivity contribution >= 4 is 0 Å². The molecule has 20 heavy (non-hydrogen) atoms. The lowest BCUT2D eigenvalue weighted by Crippen LogP contribution is -2.58. The van der Waals surface area contributed by atoms with Crippen LogP contribution in [0.25, 0.3) is 0 Å². The van der Waals surface area contributed by atoms with E-state index in [4.69, 9.17) is 4.74 Å². The lowest BCUT2D eigenvalue weighted by Gasteiger charge is -2.46. The van der Waals surface area contributed by atoms with Crippen molar-refractivity contribution in [3.8, 4) is 0 Å². The van der Waals surface area contributed by atoms with Crippen LogP contribution in [0.3, 0.4) is 0 Å². The molecule has 1 fully saturated rings. The first-order valence-corrected chi connectivity index (χ1v) is 7.85. The molecule has 0 unspecified atom stereocenters. The van der Waals surface area contributed by atoms with Crippen molar-refractivity contribution < 1.29 is 4.74 Å². The predicted molar refractivity (Wildman–Crippen MR) is 86.3 cm³/mol. The first kappa shape index (κ1) is 17.9. The number of rotatable bonds is 7. The number of nitrogens with one attached hydrogen (secondary N) is 1. The van der Waals surface area contributed by atoms with E-state index < -0.39 is 0 Å². The van der Waals surface area contributed by atoms with Gasteiger partial charge in [-0.2, -0.15) is 0 Å². The highest BCUT2D eigenvalue weighted by atomic mass is 16.5. The van der Waals surface area contributed by atoms with E-state index in [2.05, 4.69) is 57.0 Å². The third-order valence-corrected chi connectivity index (χ3v) is 5.00. The summed E-state index contributed by atoms with van der Waals surface area (Å²) in [6, 6.07) is 0.474. The average Bonchev–Trinajstić information content (AvgIpc) is 2.38. The monoisotopic (exact) mass is 285 g/mol. The molecule has 1 rings (SSSR count). The zero-order valence-corrected chi connectivity index (χ0v) is 14.6. The molecule has 1 N–H and O–H groups in total. The van der Waals surface area contributed by atoms with Gasteiger partial charge in [0.15, 0.2) is 0 Å². The molecule has 4 nitrogen and oxygen atoms in total. The van der Waals surface area contributed by atoms with E-state index in [1.54, 1.807) is 7.11 Å². The molecule has 0 aromatic rings. The van der Waals surface area contributed by atoms with Crippen LogP contribution < -0.4 is 5.32 Å². The van der Waals surface area contributed by atoms with Gasteiger partial charge in [-0.25, -0.2) is 0 Å². The normalized spacial score (nSPS) is 22.2. The predicted octanol–water partition coefficient (Wildman–Crippen LogP) is 1.81. The van der Waals surface area contributed by atoms with Gasteiger partial charge < -0.3 is 19.9 Å². The summed E-state index contributed by atoms with van der Waals surface area (Å²) in [5.74, 6) is 0. The summed E-state index contributed by atoms with van der Waals surface area (Å²) in [6.07, 6.45) is 3.51. The molecule has 1 aliphatic heterocycles. The Kier molecular flexibility index (Phi) is 6.45. The Morgan fingerprint density at radius 1 is 1.30 bits per heavy atom. The van der Waals surface area contributed by atoms with Crippen molar-refractivity contribution in [3.63, 3.8) is 0 Å². The number of piperidine rings is 1. The molecule has 120 valence electrons. The third kappa shape index (κ3) is 4.99. The van der Waals surface area contributed by atoms with Crippen LogP contribution in [0, 0.1) is 0 Å². The number of likely N-dealkylation sites (tertiary alicyclic amines) is 1. The molecule has 1 atom stereocenters. The van der Waals surface area contributed by atoms with Gasteiger partial charge in [0.25, 0.3) is 0 Å². The fourth-order valence-electron chi connectivity index (χ4n) is 3.07. The van der Waals surface area contributed by atoms with Crippen molar-refractivity contribution in [3.05, 3.63) is 0 Å². The fraction of sp³-hybridized carbons (Fsp3) is 1.00. The molecule has 0 aromatic carbocycles. The second kappa shape index (κ2) is 7.21. The van der Waals surface area contributed by atoms with Crippen molar-refractivity contribution in [2.75, 3.05) is 47.9 Å². The Labute approximate surface area is 125 Å². The Hall–Kier alpha value is -0.160. The Morgan fingerprint density at radius 3 is 2.30 bits per heavy atom. The van der Waals surface area contributed by atoms with Crippen molar-refractivity contribution in [2.45, 2.75) is 57.2 Å². The summed E-state index contributed by atoms with van der Waals surface area (Å²) in [7, 11) is 8.45. The van der Waals surface area contributed by atoms with Crippen LogP contribution in [0.4, 0.5) is 0 Å². The van der Waals surface area contributed by atoms with Gasteiger partial charge >= 0.3 is 0 Å². The van der Waals surface area contributed by atoms with Crippen LogP contribution in [0.5, 0.6) is 0 Å². The van der Waals surface area contributed by atoms with E-state index in [1.165, 1.54) is 25.9 Å². The fourth-order valence-corrected chi connectivity index (χ4v) is 3.07. The van der Waals surface area contributed by atoms with Gasteiger partial charge in [-0.05, 0) is 74.3 Å². The van der Waals surface area contributed by atoms with Crippen LogP contribution in [0.15, 0.2) is 0 Å². The number of ether oxygens (including phenoxy) is 1. The van der Waals surface area contributed by atoms with Gasteiger partial charge in [0.05, 0.1) is 5.60 Å². The second-order valence-corrected chi connectivity index (χ2v) is 7.37. The molecule has 0 saturated carbocycles. The first-order chi connectivity index (χ1) is 9.21. The van der Waals surface area contributed by atoms with Gasteiger partial charge in [0, 0.05) is 25.2 Å². The highest BCUT2D eigenvalue weighted by molar-refractivity contribution is 4.95. The first-order valence-electron chi connectivity index (χ1n) is 7.85. The molecule has 4 heteroatoms. The van der Waals surface area contributed by atoms with Crippen molar-refractivity contribution in [1.82, 2.24) is 15.1 Å². The highest BCUT2D eigenvalue weighted by Crippen LogP contribution is 2.26. The Bertz CT molecular complexity index is 283. The lowest BCUT2D eigenvalue weighted by atomic mass is 9.85. The van der Waals surface area contributed by atoms with Crippen LogP contribution in [-0.2, 0) is 4.74 Å². The summed E-state index contributed by atoms with van der Waals surface area (Å²) < 4.78 is 5.53. The van der Waals surface area contributed by atoms with E-state index in [0.29, 0.717) is 11.6 Å². The molecular weight excluding hydrogens is 250 g/mol. The maximum absolute atomic E-state index is 5.53. The van der Waals surface area contributed by atoms with Gasteiger partial charge in [-0.1, -0.05) is 0 Å². The Balaban J connectivity index is 2.51. The standard InChI is InChI=1S/C16H35N3O/c1-14(12-15(2,3)20-7)17-13-16(18(4)5)8-10-19(6)11-9-16/h14,17H,8-13H2,1-7H3/t14-/m0/s1. The van der Waals surface area contributed by atoms with Gasteiger partial charge in [0.1, 0.15) is 0 Å². The molecule has 0 bridgehead atoms. The lowest BCUT2D eigenvalue weighted by molar-refractivity contribution is 0.00540. The summed E-state index contributed by atoms with van der Waals surface area (Å²) >= 11 is 0. The number of hydrogen-bond donors (Lipinski definition) is 1. The molecular formula is C16H35N3O. The summed E-state index contributed by atoms with van der Waals surface area (Å²) in [5, 5.41) is 3.74. The van der Waals surface area contributed by atoms with E-state index in [9.17, 15) is 0 Å². The van der Waals surface area contributed by atoms with Crippen LogP contribution in [0.2, 0.25) is 0 Å². The summed E-state index contributed by atoms with van der Waals surface area (Å²) in [5.41, 5.74) is 0.252. The zero-order valence-electron chi connectivity index (χ0n) is 14.6. The second-order valence-electron chi connectivity index (χ2n) is 7.37. The molecule has 0 spiro atoms.